The Kier molecular flexibility index (Phi) is 5.06. The van der Waals surface area contributed by atoms with Crippen LogP contribution in [0.2, 0.25) is 0 Å². The third-order valence-electron chi connectivity index (χ3n) is 4.16. The van der Waals surface area contributed by atoms with Crippen LogP contribution in [0.25, 0.3) is 10.9 Å². The summed E-state index contributed by atoms with van der Waals surface area (Å²) in [6.07, 6.45) is 1.79. The number of carbonyl (C=O) groups excluding carboxylic acids is 1. The molecule has 0 aliphatic heterocycles. The quantitative estimate of drug-likeness (QED) is 0.526. The van der Waals surface area contributed by atoms with Gasteiger partial charge in [0.2, 0.25) is 0 Å². The Labute approximate surface area is 145 Å². The summed E-state index contributed by atoms with van der Waals surface area (Å²) < 4.78 is 7.29. The molecule has 0 unspecified atom stereocenters. The van der Waals surface area contributed by atoms with Crippen LogP contribution >= 0.6 is 11.8 Å². The number of imidazole rings is 1. The lowest BCUT2D eigenvalue weighted by Crippen LogP contribution is -2.09. The first-order valence-corrected chi connectivity index (χ1v) is 8.85. The SMILES string of the molecule is COCCn1c(SCC(=O)c2c[nH]c3ccccc23)nc(C)c1C. The second-order valence-corrected chi connectivity index (χ2v) is 6.61. The zero-order valence-electron chi connectivity index (χ0n) is 14.1. The van der Waals surface area contributed by atoms with Crippen LogP contribution < -0.4 is 0 Å². The van der Waals surface area contributed by atoms with Crippen LogP contribution in [0.15, 0.2) is 35.6 Å². The molecule has 3 rings (SSSR count). The molecular weight excluding hydrogens is 322 g/mol. The molecular formula is C18H21N3O2S. The highest BCUT2D eigenvalue weighted by Gasteiger charge is 2.16. The number of Topliss-reactive ketones (excluding diaryl/α,β-unsaturated/α-hetero) is 1. The molecule has 0 bridgehead atoms. The van der Waals surface area contributed by atoms with E-state index in [1.165, 1.54) is 11.8 Å². The Morgan fingerprint density at radius 1 is 1.33 bits per heavy atom. The number of fused-ring (bicyclic) bond motifs is 1. The topological polar surface area (TPSA) is 59.9 Å². The van der Waals surface area contributed by atoms with Gasteiger partial charge in [0.1, 0.15) is 0 Å². The Morgan fingerprint density at radius 3 is 2.92 bits per heavy atom. The van der Waals surface area contributed by atoms with Crippen molar-refractivity contribution in [1.82, 2.24) is 14.5 Å². The number of aromatic nitrogens is 3. The molecule has 2 heterocycles. The summed E-state index contributed by atoms with van der Waals surface area (Å²) in [4.78, 5) is 20.3. The number of nitrogens with zero attached hydrogens (tertiary/aromatic N) is 2. The molecule has 0 aliphatic rings. The van der Waals surface area contributed by atoms with Crippen molar-refractivity contribution < 1.29 is 9.53 Å². The number of aromatic amines is 1. The average Bonchev–Trinajstić information content (AvgIpc) is 3.13. The van der Waals surface area contributed by atoms with Crippen LogP contribution in [0.1, 0.15) is 21.7 Å². The molecule has 6 heteroatoms. The van der Waals surface area contributed by atoms with Gasteiger partial charge in [-0.3, -0.25) is 4.79 Å². The lowest BCUT2D eigenvalue weighted by atomic mass is 10.1. The number of nitrogens with one attached hydrogen (secondary N) is 1. The minimum absolute atomic E-state index is 0.106. The van der Waals surface area contributed by atoms with Crippen molar-refractivity contribution in [2.24, 2.45) is 0 Å². The van der Waals surface area contributed by atoms with Crippen LogP contribution in [-0.2, 0) is 11.3 Å². The minimum atomic E-state index is 0.106. The van der Waals surface area contributed by atoms with Gasteiger partial charge in [0.05, 0.1) is 18.1 Å². The first-order chi connectivity index (χ1) is 11.6. The molecule has 24 heavy (non-hydrogen) atoms. The van der Waals surface area contributed by atoms with Crippen LogP contribution in [0, 0.1) is 13.8 Å². The summed E-state index contributed by atoms with van der Waals surface area (Å²) in [5, 5.41) is 1.84. The summed E-state index contributed by atoms with van der Waals surface area (Å²) in [5.74, 6) is 0.471. The molecule has 5 nitrogen and oxygen atoms in total. The maximum atomic E-state index is 12.6. The molecule has 0 atom stereocenters. The van der Waals surface area contributed by atoms with E-state index in [2.05, 4.69) is 14.5 Å². The average molecular weight is 343 g/mol. The summed E-state index contributed by atoms with van der Waals surface area (Å²) >= 11 is 1.48. The highest BCUT2D eigenvalue weighted by Crippen LogP contribution is 2.24. The fraction of sp³-hybridized carbons (Fsp3) is 0.333. The van der Waals surface area contributed by atoms with Gasteiger partial charge >= 0.3 is 0 Å². The number of methoxy groups -OCH3 is 1. The molecule has 126 valence electrons. The van der Waals surface area contributed by atoms with E-state index in [4.69, 9.17) is 4.74 Å². The molecule has 0 saturated heterocycles. The van der Waals surface area contributed by atoms with E-state index in [0.717, 1.165) is 39.6 Å². The van der Waals surface area contributed by atoms with Gasteiger partial charge in [0, 0.05) is 42.0 Å². The summed E-state index contributed by atoms with van der Waals surface area (Å²) in [7, 11) is 1.69. The second kappa shape index (κ2) is 7.23. The maximum Gasteiger partial charge on any atom is 0.175 e. The highest BCUT2D eigenvalue weighted by atomic mass is 32.2. The fourth-order valence-electron chi connectivity index (χ4n) is 2.69. The number of benzene rings is 1. The molecule has 1 aromatic carbocycles. The number of carbonyl (C=O) groups is 1. The number of para-hydroxylation sites is 1. The van der Waals surface area contributed by atoms with E-state index >= 15 is 0 Å². The summed E-state index contributed by atoms with van der Waals surface area (Å²) in [6.45, 7) is 5.40. The van der Waals surface area contributed by atoms with Gasteiger partial charge in [0.15, 0.2) is 10.9 Å². The van der Waals surface area contributed by atoms with Crippen LogP contribution in [0.4, 0.5) is 0 Å². The van der Waals surface area contributed by atoms with Crippen molar-refractivity contribution >= 4 is 28.4 Å². The lowest BCUT2D eigenvalue weighted by Gasteiger charge is -2.08. The van der Waals surface area contributed by atoms with Crippen molar-refractivity contribution in [1.29, 1.82) is 0 Å². The lowest BCUT2D eigenvalue weighted by molar-refractivity contribution is 0.102. The van der Waals surface area contributed by atoms with Gasteiger partial charge in [-0.15, -0.1) is 0 Å². The van der Waals surface area contributed by atoms with Crippen molar-refractivity contribution in [2.75, 3.05) is 19.5 Å². The predicted octanol–water partition coefficient (Wildman–Crippen LogP) is 3.60. The summed E-state index contributed by atoms with van der Waals surface area (Å²) in [5.41, 5.74) is 3.84. The molecule has 2 aromatic heterocycles. The Bertz CT molecular complexity index is 866. The standard InChI is InChI=1S/C18H21N3O2S/c1-12-13(2)21(8-9-23-3)18(20-12)24-11-17(22)15-10-19-16-7-5-4-6-14(15)16/h4-7,10,19H,8-9,11H2,1-3H3. The van der Waals surface area contributed by atoms with Gasteiger partial charge in [-0.2, -0.15) is 0 Å². The first-order valence-electron chi connectivity index (χ1n) is 7.86. The number of hydrogen-bond acceptors (Lipinski definition) is 4. The maximum absolute atomic E-state index is 12.6. The number of H-pyrrole nitrogens is 1. The van der Waals surface area contributed by atoms with Gasteiger partial charge in [-0.1, -0.05) is 30.0 Å². The molecule has 0 spiro atoms. The number of rotatable bonds is 7. The predicted molar refractivity (Wildman–Crippen MR) is 96.9 cm³/mol. The Hall–Kier alpha value is -2.05. The van der Waals surface area contributed by atoms with Gasteiger partial charge in [-0.25, -0.2) is 4.98 Å². The molecule has 1 N–H and O–H groups in total. The van der Waals surface area contributed by atoms with E-state index in [9.17, 15) is 4.79 Å². The zero-order valence-corrected chi connectivity index (χ0v) is 14.9. The summed E-state index contributed by atoms with van der Waals surface area (Å²) in [6, 6.07) is 7.85. The van der Waals surface area contributed by atoms with E-state index in [1.807, 2.05) is 38.1 Å². The van der Waals surface area contributed by atoms with E-state index in [0.29, 0.717) is 12.4 Å². The van der Waals surface area contributed by atoms with Crippen molar-refractivity contribution in [2.45, 2.75) is 25.5 Å². The third kappa shape index (κ3) is 3.25. The fourth-order valence-corrected chi connectivity index (χ4v) is 3.69. The van der Waals surface area contributed by atoms with Gasteiger partial charge in [0.25, 0.3) is 0 Å². The molecule has 0 fully saturated rings. The number of aryl methyl sites for hydroxylation is 1. The molecule has 0 aliphatic carbocycles. The second-order valence-electron chi connectivity index (χ2n) is 5.67. The Balaban J connectivity index is 1.76. The van der Waals surface area contributed by atoms with Gasteiger partial charge in [-0.05, 0) is 19.9 Å². The highest BCUT2D eigenvalue weighted by molar-refractivity contribution is 7.99. The molecule has 0 saturated carbocycles. The molecule has 0 radical (unpaired) electrons. The number of ketones is 1. The van der Waals surface area contributed by atoms with Crippen LogP contribution in [0.5, 0.6) is 0 Å². The van der Waals surface area contributed by atoms with Gasteiger partial charge < -0.3 is 14.3 Å². The normalized spacial score (nSPS) is 11.3. The van der Waals surface area contributed by atoms with E-state index in [-0.39, 0.29) is 5.78 Å². The molecule has 3 aromatic rings. The zero-order chi connectivity index (χ0) is 17.1. The largest absolute Gasteiger partial charge is 0.383 e. The van der Waals surface area contributed by atoms with E-state index in [1.54, 1.807) is 13.3 Å². The first kappa shape index (κ1) is 16.8. The molecule has 0 amide bonds. The van der Waals surface area contributed by atoms with Crippen molar-refractivity contribution in [3.8, 4) is 0 Å². The number of ether oxygens (including phenoxy) is 1. The third-order valence-corrected chi connectivity index (χ3v) is 5.14. The van der Waals surface area contributed by atoms with Crippen LogP contribution in [-0.4, -0.2) is 39.8 Å². The number of thioether (sulfide) groups is 1. The minimum Gasteiger partial charge on any atom is -0.383 e. The smallest absolute Gasteiger partial charge is 0.175 e. The number of hydrogen-bond donors (Lipinski definition) is 1. The van der Waals surface area contributed by atoms with Crippen LogP contribution in [0.3, 0.4) is 0 Å². The van der Waals surface area contributed by atoms with Crippen molar-refractivity contribution in [3.05, 3.63) is 47.4 Å². The van der Waals surface area contributed by atoms with E-state index < -0.39 is 0 Å². The monoisotopic (exact) mass is 343 g/mol. The van der Waals surface area contributed by atoms with Crippen molar-refractivity contribution in [3.63, 3.8) is 0 Å². The Morgan fingerprint density at radius 2 is 2.12 bits per heavy atom.